The first-order valence-corrected chi connectivity index (χ1v) is 4.78. The second-order valence-electron chi connectivity index (χ2n) is 3.67. The molecule has 0 bridgehead atoms. The van der Waals surface area contributed by atoms with Crippen LogP contribution in [0, 0.1) is 22.7 Å². The lowest BCUT2D eigenvalue weighted by Gasteiger charge is -2.33. The number of hydrogen-bond acceptors (Lipinski definition) is 4. The first-order valence-electron chi connectivity index (χ1n) is 4.78. The number of fused-ring (bicyclic) bond motifs is 1. The van der Waals surface area contributed by atoms with Crippen LogP contribution in [0.25, 0.3) is 0 Å². The Hall–Kier alpha value is -2.20. The molecular weight excluding hydrogens is 204 g/mol. The van der Waals surface area contributed by atoms with Crippen LogP contribution in [-0.4, -0.2) is 14.2 Å². The zero-order chi connectivity index (χ0) is 11.8. The third-order valence-electron chi connectivity index (χ3n) is 2.91. The van der Waals surface area contributed by atoms with E-state index in [0.29, 0.717) is 17.9 Å². The van der Waals surface area contributed by atoms with Crippen molar-refractivity contribution in [2.24, 2.45) is 0 Å². The van der Waals surface area contributed by atoms with Crippen LogP contribution in [-0.2, 0) is 11.8 Å². The molecule has 1 aliphatic carbocycles. The molecule has 2 rings (SSSR count). The number of hydrogen-bond donors (Lipinski definition) is 0. The minimum absolute atomic E-state index is 0.454. The summed E-state index contributed by atoms with van der Waals surface area (Å²) in [6, 6.07) is 7.64. The molecule has 0 unspecified atom stereocenters. The van der Waals surface area contributed by atoms with Gasteiger partial charge in [-0.05, 0) is 23.3 Å². The van der Waals surface area contributed by atoms with Gasteiger partial charge in [-0.25, -0.2) is 0 Å². The Morgan fingerprint density at radius 2 is 1.69 bits per heavy atom. The first kappa shape index (κ1) is 10.3. The molecule has 0 radical (unpaired) electrons. The Morgan fingerprint density at radius 1 is 1.12 bits per heavy atom. The number of nitriles is 2. The molecule has 0 N–H and O–H groups in total. The molecule has 0 spiro atoms. The minimum atomic E-state index is -1.01. The van der Waals surface area contributed by atoms with Gasteiger partial charge in [0, 0.05) is 6.42 Å². The van der Waals surface area contributed by atoms with E-state index in [4.69, 9.17) is 20.0 Å². The lowest BCUT2D eigenvalue weighted by molar-refractivity contribution is 0.351. The quantitative estimate of drug-likeness (QED) is 0.749. The number of rotatable bonds is 2. The minimum Gasteiger partial charge on any atom is -0.493 e. The maximum Gasteiger partial charge on any atom is 0.173 e. The van der Waals surface area contributed by atoms with Crippen molar-refractivity contribution in [1.29, 1.82) is 10.5 Å². The van der Waals surface area contributed by atoms with Gasteiger partial charge in [0.25, 0.3) is 0 Å². The Kier molecular flexibility index (Phi) is 2.21. The highest BCUT2D eigenvalue weighted by molar-refractivity contribution is 5.61. The van der Waals surface area contributed by atoms with Crippen LogP contribution in [0.5, 0.6) is 11.5 Å². The summed E-state index contributed by atoms with van der Waals surface area (Å²) in [6.45, 7) is 0. The summed E-state index contributed by atoms with van der Waals surface area (Å²) in [5.41, 5.74) is 0.699. The zero-order valence-electron chi connectivity index (χ0n) is 9.07. The summed E-state index contributed by atoms with van der Waals surface area (Å²) >= 11 is 0. The van der Waals surface area contributed by atoms with Crippen LogP contribution in [0.1, 0.15) is 11.1 Å². The van der Waals surface area contributed by atoms with E-state index < -0.39 is 5.41 Å². The number of nitrogens with zero attached hydrogens (tertiary/aromatic N) is 2. The van der Waals surface area contributed by atoms with E-state index in [-0.39, 0.29) is 0 Å². The summed E-state index contributed by atoms with van der Waals surface area (Å²) < 4.78 is 10.3. The molecule has 1 aromatic rings. The van der Waals surface area contributed by atoms with Gasteiger partial charge in [0.1, 0.15) is 0 Å². The molecule has 0 aliphatic heterocycles. The van der Waals surface area contributed by atoms with Crippen LogP contribution in [0.2, 0.25) is 0 Å². The molecule has 0 aromatic heterocycles. The van der Waals surface area contributed by atoms with Crippen molar-refractivity contribution in [3.63, 3.8) is 0 Å². The van der Waals surface area contributed by atoms with Crippen molar-refractivity contribution in [3.05, 3.63) is 23.3 Å². The van der Waals surface area contributed by atoms with Gasteiger partial charge in [0.05, 0.1) is 26.4 Å². The Labute approximate surface area is 93.6 Å². The Bertz CT molecular complexity index is 509. The van der Waals surface area contributed by atoms with Crippen LogP contribution in [0.15, 0.2) is 12.1 Å². The fraction of sp³-hybridized carbons (Fsp3) is 0.333. The molecule has 0 amide bonds. The second kappa shape index (κ2) is 3.43. The van der Waals surface area contributed by atoms with Crippen molar-refractivity contribution in [3.8, 4) is 23.6 Å². The molecule has 1 aliphatic rings. The summed E-state index contributed by atoms with van der Waals surface area (Å²) in [6.07, 6.45) is 0.454. The lowest BCUT2D eigenvalue weighted by Crippen LogP contribution is -2.35. The van der Waals surface area contributed by atoms with E-state index in [9.17, 15) is 0 Å². The van der Waals surface area contributed by atoms with Gasteiger partial charge in [-0.15, -0.1) is 0 Å². The van der Waals surface area contributed by atoms with Crippen LogP contribution in [0.3, 0.4) is 0 Å². The van der Waals surface area contributed by atoms with Gasteiger partial charge in [-0.2, -0.15) is 10.5 Å². The SMILES string of the molecule is COc1cc2c(cc1OC)C(C#N)(C#N)C2. The van der Waals surface area contributed by atoms with Gasteiger partial charge in [-0.1, -0.05) is 0 Å². The van der Waals surface area contributed by atoms with Crippen LogP contribution >= 0.6 is 0 Å². The highest BCUT2D eigenvalue weighted by Crippen LogP contribution is 2.45. The van der Waals surface area contributed by atoms with Gasteiger partial charge < -0.3 is 9.47 Å². The van der Waals surface area contributed by atoms with Crippen LogP contribution in [0.4, 0.5) is 0 Å². The molecule has 0 saturated heterocycles. The maximum absolute atomic E-state index is 9.03. The normalized spacial score (nSPS) is 15.0. The van der Waals surface area contributed by atoms with E-state index in [1.165, 1.54) is 7.11 Å². The molecule has 0 heterocycles. The lowest BCUT2D eigenvalue weighted by atomic mass is 9.66. The Morgan fingerprint density at radius 3 is 2.19 bits per heavy atom. The summed E-state index contributed by atoms with van der Waals surface area (Å²) in [7, 11) is 3.09. The molecule has 0 saturated carbocycles. The molecule has 0 atom stereocenters. The monoisotopic (exact) mass is 214 g/mol. The maximum atomic E-state index is 9.03. The number of benzene rings is 1. The predicted octanol–water partition coefficient (Wildman–Crippen LogP) is 1.54. The summed E-state index contributed by atoms with van der Waals surface area (Å²) in [5, 5.41) is 18.1. The summed E-state index contributed by atoms with van der Waals surface area (Å²) in [5.74, 6) is 1.18. The highest BCUT2D eigenvalue weighted by Gasteiger charge is 2.44. The van der Waals surface area contributed by atoms with Crippen LogP contribution < -0.4 is 9.47 Å². The van der Waals surface area contributed by atoms with E-state index in [1.54, 1.807) is 13.2 Å². The van der Waals surface area contributed by atoms with Gasteiger partial charge in [0.2, 0.25) is 0 Å². The third kappa shape index (κ3) is 1.14. The van der Waals surface area contributed by atoms with E-state index in [0.717, 1.165) is 11.1 Å². The van der Waals surface area contributed by atoms with Gasteiger partial charge in [-0.3, -0.25) is 0 Å². The fourth-order valence-electron chi connectivity index (χ4n) is 1.96. The molecule has 1 aromatic carbocycles. The van der Waals surface area contributed by atoms with Crippen molar-refractivity contribution in [2.75, 3.05) is 14.2 Å². The predicted molar refractivity (Wildman–Crippen MR) is 56.2 cm³/mol. The van der Waals surface area contributed by atoms with Crippen molar-refractivity contribution >= 4 is 0 Å². The number of methoxy groups -OCH3 is 2. The smallest absolute Gasteiger partial charge is 0.173 e. The standard InChI is InChI=1S/C12H10N2O2/c1-15-10-3-8-5-12(6-13,7-14)9(8)4-11(10)16-2/h3-4H,5H2,1-2H3. The Balaban J connectivity index is 2.56. The molecule has 4 heteroatoms. The van der Waals surface area contributed by atoms with E-state index in [1.807, 2.05) is 6.07 Å². The largest absolute Gasteiger partial charge is 0.493 e. The number of ether oxygens (including phenoxy) is 2. The van der Waals surface area contributed by atoms with Gasteiger partial charge in [0.15, 0.2) is 16.9 Å². The first-order chi connectivity index (χ1) is 7.70. The van der Waals surface area contributed by atoms with E-state index >= 15 is 0 Å². The molecular formula is C12H10N2O2. The zero-order valence-corrected chi connectivity index (χ0v) is 9.07. The van der Waals surface area contributed by atoms with Gasteiger partial charge >= 0.3 is 0 Å². The highest BCUT2D eigenvalue weighted by atomic mass is 16.5. The topological polar surface area (TPSA) is 66.0 Å². The van der Waals surface area contributed by atoms with E-state index in [2.05, 4.69) is 12.1 Å². The van der Waals surface area contributed by atoms with Crippen molar-refractivity contribution in [2.45, 2.75) is 11.8 Å². The average molecular weight is 214 g/mol. The summed E-state index contributed by atoms with van der Waals surface area (Å²) in [4.78, 5) is 0. The fourth-order valence-corrected chi connectivity index (χ4v) is 1.96. The third-order valence-corrected chi connectivity index (χ3v) is 2.91. The average Bonchev–Trinajstić information content (AvgIpc) is 2.31. The second-order valence-corrected chi connectivity index (χ2v) is 3.67. The molecule has 16 heavy (non-hydrogen) atoms. The van der Waals surface area contributed by atoms with Crippen molar-refractivity contribution < 1.29 is 9.47 Å². The molecule has 80 valence electrons. The molecule has 0 fully saturated rings. The molecule has 4 nitrogen and oxygen atoms in total. The van der Waals surface area contributed by atoms with Crippen molar-refractivity contribution in [1.82, 2.24) is 0 Å².